The molecule has 0 fully saturated rings. The Hall–Kier alpha value is -2.74. The van der Waals surface area contributed by atoms with Crippen molar-refractivity contribution in [2.75, 3.05) is 0 Å². The Morgan fingerprint density at radius 2 is 1.48 bits per heavy atom. The highest BCUT2D eigenvalue weighted by atomic mass is 19.2. The molecule has 0 unspecified atom stereocenters. The molecule has 0 amide bonds. The first-order valence-corrected chi connectivity index (χ1v) is 9.44. The topological polar surface area (TPSA) is 0 Å². The third-order valence-electron chi connectivity index (χ3n) is 4.78. The summed E-state index contributed by atoms with van der Waals surface area (Å²) in [4.78, 5) is 0. The number of hydrogen-bond acceptors (Lipinski definition) is 0. The second-order valence-electron chi connectivity index (χ2n) is 6.74. The van der Waals surface area contributed by atoms with E-state index >= 15 is 0 Å². The molecular weight excluding hydrogens is 338 g/mol. The molecule has 2 heteroatoms. The Morgan fingerprint density at radius 3 is 2.30 bits per heavy atom. The van der Waals surface area contributed by atoms with Crippen LogP contribution in [0.25, 0.3) is 22.3 Å². The van der Waals surface area contributed by atoms with Gasteiger partial charge in [0.1, 0.15) is 0 Å². The van der Waals surface area contributed by atoms with Crippen LogP contribution < -0.4 is 0 Å². The van der Waals surface area contributed by atoms with Crippen LogP contribution in [-0.4, -0.2) is 0 Å². The van der Waals surface area contributed by atoms with Gasteiger partial charge in [0, 0.05) is 5.56 Å². The second-order valence-corrected chi connectivity index (χ2v) is 6.74. The summed E-state index contributed by atoms with van der Waals surface area (Å²) in [5.74, 6) is -1.63. The molecule has 0 N–H and O–H groups in total. The van der Waals surface area contributed by atoms with E-state index in [1.165, 1.54) is 18.4 Å². The molecule has 0 saturated heterocycles. The number of rotatable bonds is 8. The van der Waals surface area contributed by atoms with Gasteiger partial charge in [-0.05, 0) is 54.0 Å². The maximum Gasteiger partial charge on any atom is 0.166 e. The molecule has 0 radical (unpaired) electrons. The van der Waals surface area contributed by atoms with Crippen molar-refractivity contribution in [3.8, 4) is 22.3 Å². The molecule has 0 aromatic heterocycles. The van der Waals surface area contributed by atoms with Gasteiger partial charge in [0.2, 0.25) is 0 Å². The highest BCUT2D eigenvalue weighted by molar-refractivity contribution is 5.83. The quantitative estimate of drug-likeness (QED) is 0.286. The summed E-state index contributed by atoms with van der Waals surface area (Å²) < 4.78 is 28.1. The molecule has 0 spiro atoms. The predicted molar refractivity (Wildman–Crippen MR) is 110 cm³/mol. The molecule has 0 bridgehead atoms. The maximum absolute atomic E-state index is 14.3. The minimum atomic E-state index is -0.824. The number of halogens is 2. The SMILES string of the molecule is C=CCCCCCc1cccc(-c2ccccc2-c2cccc(F)c2F)c1. The number of allylic oxidation sites excluding steroid dienone is 1. The fraction of sp³-hybridized carbons (Fsp3) is 0.200. The lowest BCUT2D eigenvalue weighted by Crippen LogP contribution is -1.93. The summed E-state index contributed by atoms with van der Waals surface area (Å²) in [5.41, 5.74) is 4.20. The molecule has 0 atom stereocenters. The zero-order valence-corrected chi connectivity index (χ0v) is 15.4. The van der Waals surface area contributed by atoms with E-state index in [0.29, 0.717) is 11.1 Å². The molecule has 0 saturated carbocycles. The van der Waals surface area contributed by atoms with Gasteiger partial charge in [-0.25, -0.2) is 8.78 Å². The Morgan fingerprint density at radius 1 is 0.741 bits per heavy atom. The molecular formula is C25H24F2. The van der Waals surface area contributed by atoms with E-state index in [0.717, 1.165) is 36.5 Å². The summed E-state index contributed by atoms with van der Waals surface area (Å²) in [6.07, 6.45) is 7.53. The molecule has 3 aromatic carbocycles. The first-order chi connectivity index (χ1) is 13.2. The van der Waals surface area contributed by atoms with Crippen LogP contribution >= 0.6 is 0 Å². The average molecular weight is 362 g/mol. The minimum absolute atomic E-state index is 0.292. The van der Waals surface area contributed by atoms with E-state index in [1.54, 1.807) is 12.1 Å². The van der Waals surface area contributed by atoms with Crippen LogP contribution in [0.4, 0.5) is 8.78 Å². The largest absolute Gasteiger partial charge is 0.204 e. The normalized spacial score (nSPS) is 10.7. The molecule has 27 heavy (non-hydrogen) atoms. The van der Waals surface area contributed by atoms with Gasteiger partial charge >= 0.3 is 0 Å². The molecule has 0 aliphatic rings. The third kappa shape index (κ3) is 4.71. The highest BCUT2D eigenvalue weighted by Crippen LogP contribution is 2.34. The average Bonchev–Trinajstić information content (AvgIpc) is 2.70. The van der Waals surface area contributed by atoms with Gasteiger partial charge in [-0.2, -0.15) is 0 Å². The summed E-state index contributed by atoms with van der Waals surface area (Å²) in [6.45, 7) is 3.76. The van der Waals surface area contributed by atoms with Crippen LogP contribution in [0.15, 0.2) is 79.4 Å². The van der Waals surface area contributed by atoms with E-state index < -0.39 is 11.6 Å². The summed E-state index contributed by atoms with van der Waals surface area (Å²) in [6, 6.07) is 20.2. The smallest absolute Gasteiger partial charge is 0.166 e. The minimum Gasteiger partial charge on any atom is -0.204 e. The van der Waals surface area contributed by atoms with Crippen molar-refractivity contribution in [3.63, 3.8) is 0 Å². The zero-order valence-electron chi connectivity index (χ0n) is 15.4. The Balaban J connectivity index is 1.88. The van der Waals surface area contributed by atoms with E-state index in [-0.39, 0.29) is 0 Å². The van der Waals surface area contributed by atoms with Crippen LogP contribution in [0.2, 0.25) is 0 Å². The van der Waals surface area contributed by atoms with Crippen LogP contribution in [0.3, 0.4) is 0 Å². The summed E-state index contributed by atoms with van der Waals surface area (Å²) in [7, 11) is 0. The number of unbranched alkanes of at least 4 members (excludes halogenated alkanes) is 3. The van der Waals surface area contributed by atoms with Crippen molar-refractivity contribution in [3.05, 3.63) is 96.6 Å². The van der Waals surface area contributed by atoms with E-state index in [1.807, 2.05) is 42.5 Å². The Labute approximate surface area is 160 Å². The van der Waals surface area contributed by atoms with Gasteiger partial charge in [0.05, 0.1) is 0 Å². The fourth-order valence-electron chi connectivity index (χ4n) is 3.37. The predicted octanol–water partition coefficient (Wildman–Crippen LogP) is 7.59. The zero-order chi connectivity index (χ0) is 19.1. The molecule has 3 aromatic rings. The number of hydrogen-bond donors (Lipinski definition) is 0. The lowest BCUT2D eigenvalue weighted by molar-refractivity contribution is 0.511. The lowest BCUT2D eigenvalue weighted by Gasteiger charge is -2.12. The van der Waals surface area contributed by atoms with E-state index in [2.05, 4.69) is 18.7 Å². The van der Waals surface area contributed by atoms with Gasteiger partial charge in [-0.3, -0.25) is 0 Å². The second kappa shape index (κ2) is 9.27. The van der Waals surface area contributed by atoms with Crippen LogP contribution in [0.1, 0.15) is 31.2 Å². The van der Waals surface area contributed by atoms with Gasteiger partial charge in [0.25, 0.3) is 0 Å². The van der Waals surface area contributed by atoms with Gasteiger partial charge < -0.3 is 0 Å². The van der Waals surface area contributed by atoms with Crippen molar-refractivity contribution in [1.29, 1.82) is 0 Å². The standard InChI is InChI=1S/C25H24F2/c1-2-3-4-5-6-11-19-12-9-13-20(18-19)21-14-7-8-15-22(21)23-16-10-17-24(26)25(23)27/h2,7-10,12-18H,1,3-6,11H2. The molecule has 0 aliphatic carbocycles. The van der Waals surface area contributed by atoms with E-state index in [9.17, 15) is 8.78 Å². The monoisotopic (exact) mass is 362 g/mol. The maximum atomic E-state index is 14.3. The molecule has 0 nitrogen and oxygen atoms in total. The Kier molecular flexibility index (Phi) is 6.54. The summed E-state index contributed by atoms with van der Waals surface area (Å²) >= 11 is 0. The van der Waals surface area contributed by atoms with E-state index in [4.69, 9.17) is 0 Å². The lowest BCUT2D eigenvalue weighted by atomic mass is 9.92. The van der Waals surface area contributed by atoms with Crippen molar-refractivity contribution in [1.82, 2.24) is 0 Å². The first-order valence-electron chi connectivity index (χ1n) is 9.44. The van der Waals surface area contributed by atoms with Gasteiger partial charge in [-0.1, -0.05) is 73.2 Å². The Bertz CT molecular complexity index is 912. The van der Waals surface area contributed by atoms with Crippen molar-refractivity contribution >= 4 is 0 Å². The van der Waals surface area contributed by atoms with Crippen molar-refractivity contribution in [2.45, 2.75) is 32.1 Å². The molecule has 138 valence electrons. The molecule has 0 aliphatic heterocycles. The highest BCUT2D eigenvalue weighted by Gasteiger charge is 2.14. The van der Waals surface area contributed by atoms with Crippen molar-refractivity contribution < 1.29 is 8.78 Å². The molecule has 3 rings (SSSR count). The molecule has 0 heterocycles. The van der Waals surface area contributed by atoms with Crippen LogP contribution in [0.5, 0.6) is 0 Å². The summed E-state index contributed by atoms with van der Waals surface area (Å²) in [5, 5.41) is 0. The van der Waals surface area contributed by atoms with Crippen molar-refractivity contribution in [2.24, 2.45) is 0 Å². The van der Waals surface area contributed by atoms with Gasteiger partial charge in [-0.15, -0.1) is 6.58 Å². The first kappa shape index (κ1) is 19.0. The number of benzene rings is 3. The van der Waals surface area contributed by atoms with Crippen LogP contribution in [-0.2, 0) is 6.42 Å². The fourth-order valence-corrected chi connectivity index (χ4v) is 3.37. The van der Waals surface area contributed by atoms with Gasteiger partial charge in [0.15, 0.2) is 11.6 Å². The van der Waals surface area contributed by atoms with Crippen LogP contribution in [0, 0.1) is 11.6 Å². The third-order valence-corrected chi connectivity index (χ3v) is 4.78. The number of aryl methyl sites for hydroxylation is 1.